The van der Waals surface area contributed by atoms with Crippen molar-refractivity contribution in [1.29, 1.82) is 0 Å². The maximum atomic E-state index is 11.7. The van der Waals surface area contributed by atoms with Crippen molar-refractivity contribution in [3.8, 4) is 5.75 Å². The number of amides is 1. The van der Waals surface area contributed by atoms with Crippen molar-refractivity contribution < 1.29 is 9.53 Å². The largest absolute Gasteiger partial charge is 0.497 e. The number of aliphatic imine (C=N–C) groups is 1. The van der Waals surface area contributed by atoms with E-state index >= 15 is 0 Å². The molecule has 1 aliphatic heterocycles. The van der Waals surface area contributed by atoms with Crippen LogP contribution in [0.4, 0.5) is 5.69 Å². The zero-order valence-corrected chi connectivity index (χ0v) is 20.8. The van der Waals surface area contributed by atoms with Crippen LogP contribution in [0.5, 0.6) is 5.75 Å². The predicted molar refractivity (Wildman–Crippen MR) is 137 cm³/mol. The van der Waals surface area contributed by atoms with Crippen molar-refractivity contribution in [2.45, 2.75) is 13.5 Å². The molecule has 168 valence electrons. The number of carbonyl (C=O) groups excluding carboxylic acids is 1. The van der Waals surface area contributed by atoms with Crippen molar-refractivity contribution in [3.05, 3.63) is 59.7 Å². The van der Waals surface area contributed by atoms with E-state index in [0.717, 1.165) is 50.0 Å². The molecule has 2 N–H and O–H groups in total. The molecule has 0 atom stereocenters. The summed E-state index contributed by atoms with van der Waals surface area (Å²) < 4.78 is 5.25. The van der Waals surface area contributed by atoms with Gasteiger partial charge in [-0.1, -0.05) is 12.1 Å². The number of carbonyl (C=O) groups is 1. The molecule has 2 aromatic carbocycles. The Bertz CT molecular complexity index is 847. The van der Waals surface area contributed by atoms with E-state index in [4.69, 9.17) is 9.73 Å². The normalized spacial score (nSPS) is 14.0. The third kappa shape index (κ3) is 6.75. The predicted octanol–water partition coefficient (Wildman–Crippen LogP) is 2.96. The number of halogens is 1. The van der Waals surface area contributed by atoms with E-state index in [1.165, 1.54) is 5.69 Å². The van der Waals surface area contributed by atoms with Crippen molar-refractivity contribution in [2.24, 2.45) is 4.99 Å². The van der Waals surface area contributed by atoms with Gasteiger partial charge in [0.15, 0.2) is 5.96 Å². The van der Waals surface area contributed by atoms with Crippen LogP contribution in [0, 0.1) is 0 Å². The summed E-state index contributed by atoms with van der Waals surface area (Å²) in [6.45, 7) is 7.19. The molecule has 0 spiro atoms. The van der Waals surface area contributed by atoms with Crippen molar-refractivity contribution in [2.75, 3.05) is 51.8 Å². The van der Waals surface area contributed by atoms with E-state index in [-0.39, 0.29) is 29.9 Å². The van der Waals surface area contributed by atoms with Crippen LogP contribution in [0.3, 0.4) is 0 Å². The first-order valence-electron chi connectivity index (χ1n) is 10.4. The van der Waals surface area contributed by atoms with E-state index in [0.29, 0.717) is 12.1 Å². The molecule has 1 heterocycles. The zero-order valence-electron chi connectivity index (χ0n) is 18.4. The van der Waals surface area contributed by atoms with E-state index in [9.17, 15) is 4.79 Å². The Kier molecular flexibility index (Phi) is 9.90. The average Bonchev–Trinajstić information content (AvgIpc) is 2.82. The molecule has 0 saturated carbocycles. The Labute approximate surface area is 201 Å². The van der Waals surface area contributed by atoms with E-state index < -0.39 is 0 Å². The molecule has 1 fully saturated rings. The monoisotopic (exact) mass is 537 g/mol. The van der Waals surface area contributed by atoms with Crippen molar-refractivity contribution in [3.63, 3.8) is 0 Å². The van der Waals surface area contributed by atoms with Crippen molar-refractivity contribution >= 4 is 41.5 Å². The summed E-state index contributed by atoms with van der Waals surface area (Å²) in [5.74, 6) is 1.73. The number of hydrogen-bond donors (Lipinski definition) is 2. The third-order valence-corrected chi connectivity index (χ3v) is 5.21. The van der Waals surface area contributed by atoms with Gasteiger partial charge in [0.1, 0.15) is 5.75 Å². The Hall–Kier alpha value is -2.49. The van der Waals surface area contributed by atoms with Crippen LogP contribution in [0.2, 0.25) is 0 Å². The van der Waals surface area contributed by atoms with Gasteiger partial charge in [-0.25, -0.2) is 4.99 Å². The highest BCUT2D eigenvalue weighted by atomic mass is 127. The van der Waals surface area contributed by atoms with Gasteiger partial charge in [-0.15, -0.1) is 24.0 Å². The lowest BCUT2D eigenvalue weighted by Gasteiger charge is -2.37. The fourth-order valence-electron chi connectivity index (χ4n) is 3.47. The van der Waals surface area contributed by atoms with Crippen LogP contribution in [-0.4, -0.2) is 63.6 Å². The summed E-state index contributed by atoms with van der Waals surface area (Å²) in [4.78, 5) is 21.2. The smallest absolute Gasteiger partial charge is 0.251 e. The summed E-state index contributed by atoms with van der Waals surface area (Å²) in [5.41, 5.74) is 2.95. The zero-order chi connectivity index (χ0) is 21.3. The molecule has 0 bridgehead atoms. The minimum absolute atomic E-state index is 0. The standard InChI is InChI=1S/C23H31N5O2.HI/c1-4-25-23(26-17-18-5-7-19(8-6-18)22(29)24-2)28-15-13-27(14-16-28)20-9-11-21(30-3)12-10-20;/h5-12H,4,13-17H2,1-3H3,(H,24,29)(H,25,26);1H. The fourth-order valence-corrected chi connectivity index (χ4v) is 3.47. The van der Waals surface area contributed by atoms with Gasteiger partial charge in [0.25, 0.3) is 5.91 Å². The number of guanidine groups is 1. The molecule has 2 aromatic rings. The number of benzene rings is 2. The van der Waals surface area contributed by atoms with Gasteiger partial charge in [-0.05, 0) is 48.9 Å². The van der Waals surface area contributed by atoms with E-state index in [2.05, 4.69) is 39.5 Å². The Morgan fingerprint density at radius 3 is 2.23 bits per heavy atom. The van der Waals surface area contributed by atoms with Gasteiger partial charge in [-0.3, -0.25) is 4.79 Å². The molecule has 0 aliphatic carbocycles. The van der Waals surface area contributed by atoms with Crippen LogP contribution < -0.4 is 20.3 Å². The van der Waals surface area contributed by atoms with Gasteiger partial charge in [0, 0.05) is 51.0 Å². The molecule has 0 unspecified atom stereocenters. The molecule has 1 amide bonds. The minimum atomic E-state index is -0.0758. The number of nitrogens with one attached hydrogen (secondary N) is 2. The second kappa shape index (κ2) is 12.4. The van der Waals surface area contributed by atoms with Crippen LogP contribution in [-0.2, 0) is 6.54 Å². The third-order valence-electron chi connectivity index (χ3n) is 5.21. The number of rotatable bonds is 6. The highest BCUT2D eigenvalue weighted by molar-refractivity contribution is 14.0. The Morgan fingerprint density at radius 1 is 1.03 bits per heavy atom. The summed E-state index contributed by atoms with van der Waals surface area (Å²) in [7, 11) is 3.32. The lowest BCUT2D eigenvalue weighted by atomic mass is 10.1. The second-order valence-corrected chi connectivity index (χ2v) is 7.12. The second-order valence-electron chi connectivity index (χ2n) is 7.12. The molecule has 1 aliphatic rings. The maximum Gasteiger partial charge on any atom is 0.251 e. The molecule has 0 aromatic heterocycles. The number of methoxy groups -OCH3 is 1. The van der Waals surface area contributed by atoms with Gasteiger partial charge in [0.05, 0.1) is 13.7 Å². The molecular formula is C23H32IN5O2. The summed E-state index contributed by atoms with van der Waals surface area (Å²) in [6, 6.07) is 15.8. The maximum absolute atomic E-state index is 11.7. The lowest BCUT2D eigenvalue weighted by Crippen LogP contribution is -2.52. The van der Waals surface area contributed by atoms with Crippen LogP contribution in [0.25, 0.3) is 0 Å². The molecule has 7 nitrogen and oxygen atoms in total. The molecule has 31 heavy (non-hydrogen) atoms. The number of ether oxygens (including phenoxy) is 1. The highest BCUT2D eigenvalue weighted by Gasteiger charge is 2.20. The summed E-state index contributed by atoms with van der Waals surface area (Å²) >= 11 is 0. The molecule has 8 heteroatoms. The molecular weight excluding hydrogens is 505 g/mol. The number of anilines is 1. The van der Waals surface area contributed by atoms with Crippen molar-refractivity contribution in [1.82, 2.24) is 15.5 Å². The van der Waals surface area contributed by atoms with Gasteiger partial charge < -0.3 is 25.2 Å². The van der Waals surface area contributed by atoms with E-state index in [1.54, 1.807) is 14.2 Å². The first-order chi connectivity index (χ1) is 14.6. The minimum Gasteiger partial charge on any atom is -0.497 e. The van der Waals surface area contributed by atoms with Crippen LogP contribution in [0.15, 0.2) is 53.5 Å². The van der Waals surface area contributed by atoms with Gasteiger partial charge in [0.2, 0.25) is 0 Å². The number of hydrogen-bond acceptors (Lipinski definition) is 4. The SMILES string of the molecule is CCNC(=NCc1ccc(C(=O)NC)cc1)N1CCN(c2ccc(OC)cc2)CC1.I. The molecule has 1 saturated heterocycles. The first-order valence-corrected chi connectivity index (χ1v) is 10.4. The van der Waals surface area contributed by atoms with E-state index in [1.807, 2.05) is 36.4 Å². The topological polar surface area (TPSA) is 69.2 Å². The van der Waals surface area contributed by atoms with Crippen LogP contribution >= 0.6 is 24.0 Å². The quantitative estimate of drug-likeness (QED) is 0.337. The van der Waals surface area contributed by atoms with Gasteiger partial charge in [-0.2, -0.15) is 0 Å². The Morgan fingerprint density at radius 2 is 1.68 bits per heavy atom. The summed E-state index contributed by atoms with van der Waals surface area (Å²) in [5, 5.41) is 6.05. The number of nitrogens with zero attached hydrogens (tertiary/aromatic N) is 3. The van der Waals surface area contributed by atoms with Gasteiger partial charge >= 0.3 is 0 Å². The molecule has 3 rings (SSSR count). The summed E-state index contributed by atoms with van der Waals surface area (Å²) in [6.07, 6.45) is 0. The average molecular weight is 537 g/mol. The fraction of sp³-hybridized carbons (Fsp3) is 0.391. The lowest BCUT2D eigenvalue weighted by molar-refractivity contribution is 0.0963. The van der Waals surface area contributed by atoms with Crippen LogP contribution in [0.1, 0.15) is 22.8 Å². The Balaban J connectivity index is 0.00000341. The highest BCUT2D eigenvalue weighted by Crippen LogP contribution is 2.20. The molecule has 0 radical (unpaired) electrons. The first kappa shape index (κ1) is 24.8. The number of piperazine rings is 1.